The summed E-state index contributed by atoms with van der Waals surface area (Å²) >= 11 is 0. The number of carbonyl (C=O) groups is 2. The van der Waals surface area contributed by atoms with Crippen LogP contribution in [0, 0.1) is 21.4 Å². The number of para-hydroxylation sites is 1. The Morgan fingerprint density at radius 2 is 1.88 bits per heavy atom. The third-order valence-electron chi connectivity index (χ3n) is 6.60. The average Bonchev–Trinajstić information content (AvgIpc) is 3.42. The SMILES string of the molecule is COc1ccc(-c2nn(-c3ccccc3)cc2/C=C2/C(=O)N(Cc3cccnc3)C(=O)C(C#N)=C2C)cc1[N+](=O)[O-]. The number of nitrogens with zero attached hydrogens (tertiary/aromatic N) is 6. The molecule has 2 aromatic heterocycles. The Hall–Kier alpha value is -5.89. The van der Waals surface area contributed by atoms with E-state index >= 15 is 0 Å². The van der Waals surface area contributed by atoms with Gasteiger partial charge in [-0.25, -0.2) is 4.68 Å². The number of aromatic nitrogens is 3. The highest BCUT2D eigenvalue weighted by Crippen LogP contribution is 2.35. The van der Waals surface area contributed by atoms with Crippen LogP contribution in [0.5, 0.6) is 5.75 Å². The van der Waals surface area contributed by atoms with Gasteiger partial charge in [0, 0.05) is 41.4 Å². The topological polar surface area (TPSA) is 144 Å². The van der Waals surface area contributed by atoms with Crippen LogP contribution in [0.3, 0.4) is 0 Å². The molecule has 41 heavy (non-hydrogen) atoms. The first kappa shape index (κ1) is 26.7. The molecule has 2 aromatic carbocycles. The van der Waals surface area contributed by atoms with Crippen molar-refractivity contribution in [2.24, 2.45) is 0 Å². The number of nitro benzene ring substituents is 1. The number of hydrogen-bond donors (Lipinski definition) is 0. The van der Waals surface area contributed by atoms with Gasteiger partial charge in [0.25, 0.3) is 11.8 Å². The molecular formula is C30H22N6O5. The van der Waals surface area contributed by atoms with Crippen molar-refractivity contribution in [3.63, 3.8) is 0 Å². The van der Waals surface area contributed by atoms with Crippen molar-refractivity contribution in [1.29, 1.82) is 5.26 Å². The largest absolute Gasteiger partial charge is 0.490 e. The third kappa shape index (κ3) is 5.09. The van der Waals surface area contributed by atoms with Gasteiger partial charge >= 0.3 is 5.69 Å². The van der Waals surface area contributed by atoms with Gasteiger partial charge in [-0.15, -0.1) is 0 Å². The van der Waals surface area contributed by atoms with Gasteiger partial charge < -0.3 is 4.74 Å². The van der Waals surface area contributed by atoms with Crippen molar-refractivity contribution in [2.45, 2.75) is 13.5 Å². The first-order valence-corrected chi connectivity index (χ1v) is 12.4. The van der Waals surface area contributed by atoms with Crippen LogP contribution in [0.15, 0.2) is 96.0 Å². The zero-order valence-corrected chi connectivity index (χ0v) is 22.0. The minimum atomic E-state index is -0.693. The summed E-state index contributed by atoms with van der Waals surface area (Å²) in [5, 5.41) is 26.2. The molecule has 11 nitrogen and oxygen atoms in total. The molecule has 202 valence electrons. The van der Waals surface area contributed by atoms with Crippen LogP contribution < -0.4 is 4.74 Å². The van der Waals surface area contributed by atoms with Gasteiger partial charge in [-0.1, -0.05) is 24.3 Å². The van der Waals surface area contributed by atoms with Gasteiger partial charge in [0.2, 0.25) is 0 Å². The van der Waals surface area contributed by atoms with Crippen LogP contribution in [0.4, 0.5) is 5.69 Å². The Kier molecular flexibility index (Phi) is 7.21. The van der Waals surface area contributed by atoms with E-state index in [4.69, 9.17) is 9.84 Å². The molecule has 4 aromatic rings. The number of pyridine rings is 1. The molecule has 0 spiro atoms. The number of nitro groups is 1. The Balaban J connectivity index is 1.69. The van der Waals surface area contributed by atoms with Crippen molar-refractivity contribution >= 4 is 23.6 Å². The van der Waals surface area contributed by atoms with E-state index in [1.165, 1.54) is 19.2 Å². The second-order valence-corrected chi connectivity index (χ2v) is 9.08. The van der Waals surface area contributed by atoms with Crippen molar-refractivity contribution in [1.82, 2.24) is 19.7 Å². The van der Waals surface area contributed by atoms with E-state index < -0.39 is 16.7 Å². The van der Waals surface area contributed by atoms with E-state index in [1.807, 2.05) is 36.4 Å². The monoisotopic (exact) mass is 546 g/mol. The van der Waals surface area contributed by atoms with Crippen LogP contribution in [0.2, 0.25) is 0 Å². The Labute approximate surface area is 234 Å². The predicted octanol–water partition coefficient (Wildman–Crippen LogP) is 4.64. The van der Waals surface area contributed by atoms with E-state index in [2.05, 4.69) is 4.98 Å². The summed E-state index contributed by atoms with van der Waals surface area (Å²) in [5.41, 5.74) is 2.49. The average molecular weight is 547 g/mol. The number of benzene rings is 2. The van der Waals surface area contributed by atoms with Crippen molar-refractivity contribution in [2.75, 3.05) is 7.11 Å². The molecular weight excluding hydrogens is 524 g/mol. The molecule has 1 aliphatic rings. The van der Waals surface area contributed by atoms with E-state index in [0.717, 1.165) is 10.6 Å². The number of rotatable bonds is 7. The molecule has 2 amide bonds. The summed E-state index contributed by atoms with van der Waals surface area (Å²) < 4.78 is 6.74. The first-order chi connectivity index (χ1) is 19.8. The molecule has 11 heteroatoms. The Morgan fingerprint density at radius 3 is 2.54 bits per heavy atom. The molecule has 1 aliphatic heterocycles. The normalized spacial score (nSPS) is 14.4. The van der Waals surface area contributed by atoms with Crippen LogP contribution >= 0.6 is 0 Å². The van der Waals surface area contributed by atoms with Gasteiger partial charge in [0.05, 0.1) is 24.3 Å². The van der Waals surface area contributed by atoms with Gasteiger partial charge in [-0.05, 0) is 54.5 Å². The summed E-state index contributed by atoms with van der Waals surface area (Å²) in [5.74, 6) is -1.19. The highest BCUT2D eigenvalue weighted by atomic mass is 16.6. The fourth-order valence-electron chi connectivity index (χ4n) is 4.51. The molecule has 0 saturated heterocycles. The summed E-state index contributed by atoms with van der Waals surface area (Å²) in [7, 11) is 1.34. The third-order valence-corrected chi connectivity index (χ3v) is 6.60. The summed E-state index contributed by atoms with van der Waals surface area (Å²) in [6.07, 6.45) is 6.35. The van der Waals surface area contributed by atoms with Crippen LogP contribution in [0.1, 0.15) is 18.1 Å². The van der Waals surface area contributed by atoms with E-state index in [-0.39, 0.29) is 34.7 Å². The molecule has 5 rings (SSSR count). The standard InChI is InChI=1S/C30H22N6O5/c1-19-24(29(37)34(30(38)25(19)15-31)17-20-7-6-12-32-16-20)13-22-18-35(23-8-4-3-5-9-23)33-28(22)21-10-11-27(41-2)26(14-21)36(39)40/h3-14,16,18H,17H2,1-2H3/b24-13+. The second kappa shape index (κ2) is 11.1. The molecule has 0 saturated carbocycles. The maximum atomic E-state index is 13.7. The number of methoxy groups -OCH3 is 1. The lowest BCUT2D eigenvalue weighted by Gasteiger charge is -2.27. The Bertz CT molecular complexity index is 1790. The zero-order valence-electron chi connectivity index (χ0n) is 22.0. The van der Waals surface area contributed by atoms with Crippen LogP contribution in [-0.2, 0) is 16.1 Å². The second-order valence-electron chi connectivity index (χ2n) is 9.08. The minimum Gasteiger partial charge on any atom is -0.490 e. The lowest BCUT2D eigenvalue weighted by atomic mass is 9.93. The quantitative estimate of drug-likeness (QED) is 0.141. The lowest BCUT2D eigenvalue weighted by molar-refractivity contribution is -0.385. The molecule has 0 atom stereocenters. The van der Waals surface area contributed by atoms with Crippen molar-refractivity contribution < 1.29 is 19.2 Å². The van der Waals surface area contributed by atoms with Gasteiger partial charge in [-0.3, -0.25) is 29.6 Å². The highest BCUT2D eigenvalue weighted by Gasteiger charge is 2.36. The number of hydrogen-bond acceptors (Lipinski definition) is 8. The molecule has 0 unspecified atom stereocenters. The number of imide groups is 1. The van der Waals surface area contributed by atoms with Gasteiger partial charge in [-0.2, -0.15) is 10.4 Å². The minimum absolute atomic E-state index is 0.0673. The van der Waals surface area contributed by atoms with Crippen molar-refractivity contribution in [3.8, 4) is 28.8 Å². The summed E-state index contributed by atoms with van der Waals surface area (Å²) in [6, 6.07) is 19.0. The lowest BCUT2D eigenvalue weighted by Crippen LogP contribution is -2.42. The summed E-state index contributed by atoms with van der Waals surface area (Å²) in [4.78, 5) is 43.0. The maximum Gasteiger partial charge on any atom is 0.311 e. The first-order valence-electron chi connectivity index (χ1n) is 12.4. The molecule has 0 radical (unpaired) electrons. The number of ether oxygens (including phenoxy) is 1. The number of amides is 2. The zero-order chi connectivity index (χ0) is 29.1. The maximum absolute atomic E-state index is 13.7. The van der Waals surface area contributed by atoms with Crippen LogP contribution in [0.25, 0.3) is 23.0 Å². The molecule has 0 bridgehead atoms. The fourth-order valence-corrected chi connectivity index (χ4v) is 4.51. The van der Waals surface area contributed by atoms with Crippen molar-refractivity contribution in [3.05, 3.63) is 117 Å². The predicted molar refractivity (Wildman–Crippen MR) is 148 cm³/mol. The van der Waals surface area contributed by atoms with E-state index in [0.29, 0.717) is 22.4 Å². The number of nitriles is 1. The van der Waals surface area contributed by atoms with E-state index in [9.17, 15) is 25.0 Å². The molecule has 0 fully saturated rings. The van der Waals surface area contributed by atoms with Gasteiger partial charge in [0.15, 0.2) is 5.75 Å². The molecule has 0 N–H and O–H groups in total. The van der Waals surface area contributed by atoms with Crippen LogP contribution in [-0.4, -0.2) is 43.5 Å². The molecule has 0 aliphatic carbocycles. The summed E-state index contributed by atoms with van der Waals surface area (Å²) in [6.45, 7) is 1.48. The highest BCUT2D eigenvalue weighted by molar-refractivity contribution is 6.19. The Morgan fingerprint density at radius 1 is 1.10 bits per heavy atom. The van der Waals surface area contributed by atoms with E-state index in [1.54, 1.807) is 54.5 Å². The van der Waals surface area contributed by atoms with Gasteiger partial charge in [0.1, 0.15) is 17.3 Å². The molecule has 3 heterocycles. The fraction of sp³-hybridized carbons (Fsp3) is 0.100. The number of carbonyl (C=O) groups excluding carboxylic acids is 2. The smallest absolute Gasteiger partial charge is 0.311 e.